The van der Waals surface area contributed by atoms with Gasteiger partial charge in [0, 0.05) is 31.6 Å². The zero-order valence-corrected chi connectivity index (χ0v) is 14.8. The Labute approximate surface area is 149 Å². The van der Waals surface area contributed by atoms with E-state index in [2.05, 4.69) is 44.6 Å². The maximum Gasteiger partial charge on any atom is 0.269 e. The van der Waals surface area contributed by atoms with Crippen LogP contribution in [0.15, 0.2) is 46.7 Å². The molecular weight excluding hydrogens is 334 g/mol. The lowest BCUT2D eigenvalue weighted by Crippen LogP contribution is -2.32. The van der Waals surface area contributed by atoms with Gasteiger partial charge in [0.25, 0.3) is 5.56 Å². The van der Waals surface area contributed by atoms with Gasteiger partial charge in [0.15, 0.2) is 5.13 Å². The zero-order chi connectivity index (χ0) is 17.2. The van der Waals surface area contributed by atoms with Crippen molar-refractivity contribution in [3.05, 3.63) is 69.1 Å². The number of aromatic nitrogens is 3. The fourth-order valence-electron chi connectivity index (χ4n) is 3.08. The highest BCUT2D eigenvalue weighted by molar-refractivity contribution is 7.13. The minimum Gasteiger partial charge on any atom is -0.365 e. The van der Waals surface area contributed by atoms with Crippen molar-refractivity contribution in [2.24, 2.45) is 0 Å². The van der Waals surface area contributed by atoms with E-state index in [-0.39, 0.29) is 5.56 Å². The van der Waals surface area contributed by atoms with Gasteiger partial charge >= 0.3 is 0 Å². The highest BCUT2D eigenvalue weighted by atomic mass is 32.1. The summed E-state index contributed by atoms with van der Waals surface area (Å²) < 4.78 is 1.45. The molecule has 0 spiro atoms. The number of hydrogen-bond acceptors (Lipinski definition) is 6. The minimum atomic E-state index is -0.102. The van der Waals surface area contributed by atoms with E-state index in [9.17, 15) is 4.79 Å². The summed E-state index contributed by atoms with van der Waals surface area (Å²) in [5.41, 5.74) is 4.33. The summed E-state index contributed by atoms with van der Waals surface area (Å²) in [7, 11) is 1.83. The molecule has 0 bridgehead atoms. The molecule has 0 aliphatic carbocycles. The molecule has 0 fully saturated rings. The van der Waals surface area contributed by atoms with Crippen molar-refractivity contribution in [2.45, 2.75) is 19.5 Å². The van der Waals surface area contributed by atoms with Gasteiger partial charge in [-0.05, 0) is 17.5 Å². The fraction of sp³-hybridized carbons (Fsp3) is 0.278. The Balaban J connectivity index is 1.53. The van der Waals surface area contributed by atoms with Gasteiger partial charge in [-0.3, -0.25) is 4.79 Å². The van der Waals surface area contributed by atoms with Crippen molar-refractivity contribution >= 4 is 22.2 Å². The van der Waals surface area contributed by atoms with E-state index >= 15 is 0 Å². The van der Waals surface area contributed by atoms with Crippen molar-refractivity contribution in [1.82, 2.24) is 14.8 Å². The van der Waals surface area contributed by atoms with E-state index in [0.29, 0.717) is 6.54 Å². The molecule has 1 aliphatic heterocycles. The van der Waals surface area contributed by atoms with Crippen LogP contribution < -0.4 is 15.8 Å². The van der Waals surface area contributed by atoms with Crippen LogP contribution in [-0.2, 0) is 19.5 Å². The lowest BCUT2D eigenvalue weighted by molar-refractivity contribution is 0.624. The second-order valence-electron chi connectivity index (χ2n) is 6.04. The molecule has 3 aromatic rings. The SMILES string of the molecule is CNc1nc(Cn2ncc(N3CCc4ccccc4C3)cc2=O)cs1. The Kier molecular flexibility index (Phi) is 4.23. The van der Waals surface area contributed by atoms with E-state index in [1.165, 1.54) is 27.1 Å². The summed E-state index contributed by atoms with van der Waals surface area (Å²) in [6, 6.07) is 10.1. The van der Waals surface area contributed by atoms with Gasteiger partial charge < -0.3 is 10.2 Å². The molecule has 0 amide bonds. The molecule has 0 saturated heterocycles. The van der Waals surface area contributed by atoms with Gasteiger partial charge in [-0.1, -0.05) is 24.3 Å². The van der Waals surface area contributed by atoms with E-state index in [1.807, 2.05) is 12.4 Å². The molecule has 3 heterocycles. The molecular formula is C18H19N5OS. The molecule has 25 heavy (non-hydrogen) atoms. The van der Waals surface area contributed by atoms with Crippen LogP contribution in [0.4, 0.5) is 10.8 Å². The zero-order valence-electron chi connectivity index (χ0n) is 14.0. The number of thiazole rings is 1. The molecule has 1 N–H and O–H groups in total. The number of nitrogens with one attached hydrogen (secondary N) is 1. The molecule has 2 aromatic heterocycles. The average Bonchev–Trinajstić information content (AvgIpc) is 3.11. The van der Waals surface area contributed by atoms with Gasteiger partial charge in [-0.15, -0.1) is 11.3 Å². The van der Waals surface area contributed by atoms with Gasteiger partial charge in [0.05, 0.1) is 24.1 Å². The highest BCUT2D eigenvalue weighted by Gasteiger charge is 2.17. The molecule has 0 atom stereocenters. The second-order valence-corrected chi connectivity index (χ2v) is 6.90. The first-order chi connectivity index (χ1) is 12.2. The van der Waals surface area contributed by atoms with Crippen LogP contribution in [0.3, 0.4) is 0 Å². The number of hydrogen-bond donors (Lipinski definition) is 1. The van der Waals surface area contributed by atoms with E-state index < -0.39 is 0 Å². The topological polar surface area (TPSA) is 63.1 Å². The summed E-state index contributed by atoms with van der Waals surface area (Å²) in [6.07, 6.45) is 2.77. The quantitative estimate of drug-likeness (QED) is 0.780. The van der Waals surface area contributed by atoms with Crippen molar-refractivity contribution in [3.63, 3.8) is 0 Å². The predicted octanol–water partition coefficient (Wildman–Crippen LogP) is 2.35. The normalized spacial score (nSPS) is 13.6. The second kappa shape index (κ2) is 6.68. The van der Waals surface area contributed by atoms with Gasteiger partial charge in [0.1, 0.15) is 0 Å². The van der Waals surface area contributed by atoms with Crippen molar-refractivity contribution < 1.29 is 0 Å². The first-order valence-corrected chi connectivity index (χ1v) is 9.12. The predicted molar refractivity (Wildman–Crippen MR) is 100 cm³/mol. The van der Waals surface area contributed by atoms with E-state index in [1.54, 1.807) is 12.3 Å². The Morgan fingerprint density at radius 3 is 2.88 bits per heavy atom. The molecule has 0 unspecified atom stereocenters. The molecule has 0 radical (unpaired) electrons. The molecule has 7 heteroatoms. The maximum absolute atomic E-state index is 12.4. The lowest BCUT2D eigenvalue weighted by Gasteiger charge is -2.30. The summed E-state index contributed by atoms with van der Waals surface area (Å²) in [5, 5.41) is 10.1. The Morgan fingerprint density at radius 1 is 1.28 bits per heavy atom. The molecule has 128 valence electrons. The van der Waals surface area contributed by atoms with Crippen LogP contribution in [0.25, 0.3) is 0 Å². The average molecular weight is 353 g/mol. The van der Waals surface area contributed by atoms with Gasteiger partial charge in [-0.2, -0.15) is 5.10 Å². The van der Waals surface area contributed by atoms with Crippen LogP contribution in [-0.4, -0.2) is 28.4 Å². The van der Waals surface area contributed by atoms with E-state index in [4.69, 9.17) is 0 Å². The van der Waals surface area contributed by atoms with Crippen LogP contribution in [0.5, 0.6) is 0 Å². The number of rotatable bonds is 4. The summed E-state index contributed by atoms with van der Waals surface area (Å²) in [4.78, 5) is 19.1. The molecule has 4 rings (SSSR count). The summed E-state index contributed by atoms with van der Waals surface area (Å²) in [5.74, 6) is 0. The largest absolute Gasteiger partial charge is 0.365 e. The summed E-state index contributed by atoms with van der Waals surface area (Å²) >= 11 is 1.52. The van der Waals surface area contributed by atoms with Crippen molar-refractivity contribution in [1.29, 1.82) is 0 Å². The fourth-order valence-corrected chi connectivity index (χ4v) is 3.74. The smallest absolute Gasteiger partial charge is 0.269 e. The van der Waals surface area contributed by atoms with Gasteiger partial charge in [0.2, 0.25) is 0 Å². The number of anilines is 2. The molecule has 1 aromatic carbocycles. The monoisotopic (exact) mass is 353 g/mol. The van der Waals surface area contributed by atoms with Crippen LogP contribution >= 0.6 is 11.3 Å². The van der Waals surface area contributed by atoms with Crippen molar-refractivity contribution in [2.75, 3.05) is 23.8 Å². The van der Waals surface area contributed by atoms with Crippen LogP contribution in [0.2, 0.25) is 0 Å². The van der Waals surface area contributed by atoms with Crippen LogP contribution in [0.1, 0.15) is 16.8 Å². The van der Waals surface area contributed by atoms with Gasteiger partial charge in [-0.25, -0.2) is 9.67 Å². The third-order valence-corrected chi connectivity index (χ3v) is 5.34. The van der Waals surface area contributed by atoms with E-state index in [0.717, 1.165) is 36.0 Å². The lowest BCUT2D eigenvalue weighted by atomic mass is 10.00. The Bertz CT molecular complexity index is 948. The first-order valence-electron chi connectivity index (χ1n) is 8.24. The highest BCUT2D eigenvalue weighted by Crippen LogP contribution is 2.23. The molecule has 6 nitrogen and oxygen atoms in total. The first kappa shape index (κ1) is 15.8. The number of benzene rings is 1. The third-order valence-electron chi connectivity index (χ3n) is 4.43. The Hall–Kier alpha value is -2.67. The standard InChI is InChI=1S/C18H19N5OS/c1-19-18-21-15(12-25-18)11-23-17(24)8-16(9-20-23)22-7-6-13-4-2-3-5-14(13)10-22/h2-5,8-9,12H,6-7,10-11H2,1H3,(H,19,21). The summed E-state index contributed by atoms with van der Waals surface area (Å²) in [6.45, 7) is 2.11. The van der Waals surface area contributed by atoms with Crippen LogP contribution in [0, 0.1) is 0 Å². The number of fused-ring (bicyclic) bond motifs is 1. The third kappa shape index (κ3) is 3.28. The number of nitrogens with zero attached hydrogens (tertiary/aromatic N) is 4. The Morgan fingerprint density at radius 2 is 2.12 bits per heavy atom. The molecule has 1 aliphatic rings. The van der Waals surface area contributed by atoms with Crippen molar-refractivity contribution in [3.8, 4) is 0 Å². The molecule has 0 saturated carbocycles. The maximum atomic E-state index is 12.4. The minimum absolute atomic E-state index is 0.102.